The first-order chi connectivity index (χ1) is 9.06. The van der Waals surface area contributed by atoms with Gasteiger partial charge in [0, 0.05) is 15.2 Å². The van der Waals surface area contributed by atoms with Crippen molar-refractivity contribution in [3.63, 3.8) is 0 Å². The molecule has 0 radical (unpaired) electrons. The van der Waals surface area contributed by atoms with Crippen molar-refractivity contribution >= 4 is 31.9 Å². The zero-order valence-electron chi connectivity index (χ0n) is 12.1. The van der Waals surface area contributed by atoms with Crippen LogP contribution in [-0.2, 0) is 0 Å². The van der Waals surface area contributed by atoms with Gasteiger partial charge in [0.25, 0.3) is 0 Å². The maximum absolute atomic E-state index is 6.05. The summed E-state index contributed by atoms with van der Waals surface area (Å²) in [4.78, 5) is 0. The number of rotatable bonds is 8. The maximum atomic E-state index is 6.05. The molecule has 3 heteroatoms. The summed E-state index contributed by atoms with van der Waals surface area (Å²) in [6.45, 7) is 7.38. The van der Waals surface area contributed by atoms with E-state index in [4.69, 9.17) is 4.74 Å². The third kappa shape index (κ3) is 5.11. The van der Waals surface area contributed by atoms with Crippen molar-refractivity contribution in [3.05, 3.63) is 28.2 Å². The van der Waals surface area contributed by atoms with Crippen molar-refractivity contribution in [1.29, 1.82) is 0 Å². The quantitative estimate of drug-likeness (QED) is 0.485. The molecule has 0 amide bonds. The number of alkyl halides is 1. The van der Waals surface area contributed by atoms with Crippen LogP contribution >= 0.6 is 31.9 Å². The van der Waals surface area contributed by atoms with Gasteiger partial charge < -0.3 is 4.74 Å². The van der Waals surface area contributed by atoms with Crippen molar-refractivity contribution in [2.24, 2.45) is 5.41 Å². The van der Waals surface area contributed by atoms with Crippen LogP contribution in [0.1, 0.15) is 45.1 Å². The Bertz CT molecular complexity index is 384. The van der Waals surface area contributed by atoms with Gasteiger partial charge in [0.05, 0.1) is 6.61 Å². The highest BCUT2D eigenvalue weighted by atomic mass is 79.9. The molecule has 0 aromatic heterocycles. The Morgan fingerprint density at radius 3 is 2.26 bits per heavy atom. The highest BCUT2D eigenvalue weighted by Crippen LogP contribution is 2.33. The highest BCUT2D eigenvalue weighted by molar-refractivity contribution is 9.10. The molecule has 0 aliphatic rings. The van der Waals surface area contributed by atoms with E-state index in [9.17, 15) is 0 Å². The van der Waals surface area contributed by atoms with E-state index in [0.717, 1.165) is 22.2 Å². The Hall–Kier alpha value is -0.0200. The van der Waals surface area contributed by atoms with Gasteiger partial charge in [-0.2, -0.15) is 0 Å². The molecule has 0 heterocycles. The molecule has 0 aliphatic heterocycles. The molecule has 0 spiro atoms. The van der Waals surface area contributed by atoms with Crippen molar-refractivity contribution in [1.82, 2.24) is 0 Å². The van der Waals surface area contributed by atoms with Gasteiger partial charge in [-0.1, -0.05) is 58.5 Å². The second-order valence-electron chi connectivity index (χ2n) is 5.33. The lowest BCUT2D eigenvalue weighted by Crippen LogP contribution is -2.30. The molecule has 19 heavy (non-hydrogen) atoms. The Labute approximate surface area is 134 Å². The second-order valence-corrected chi connectivity index (χ2v) is 6.75. The van der Waals surface area contributed by atoms with Crippen LogP contribution in [0.5, 0.6) is 5.75 Å². The van der Waals surface area contributed by atoms with Gasteiger partial charge in [-0.3, -0.25) is 0 Å². The summed E-state index contributed by atoms with van der Waals surface area (Å²) in [5, 5.41) is 1.01. The van der Waals surface area contributed by atoms with Gasteiger partial charge in [0.1, 0.15) is 5.75 Å². The lowest BCUT2D eigenvalue weighted by molar-refractivity contribution is 0.144. The fourth-order valence-electron chi connectivity index (χ4n) is 2.45. The minimum atomic E-state index is 0.268. The number of hydrogen-bond donors (Lipinski definition) is 0. The van der Waals surface area contributed by atoms with Gasteiger partial charge in [0.15, 0.2) is 0 Å². The van der Waals surface area contributed by atoms with Gasteiger partial charge in [-0.25, -0.2) is 0 Å². The molecule has 0 fully saturated rings. The third-order valence-corrected chi connectivity index (χ3v) is 5.60. The Morgan fingerprint density at radius 2 is 1.79 bits per heavy atom. The van der Waals surface area contributed by atoms with Gasteiger partial charge >= 0.3 is 0 Å². The summed E-state index contributed by atoms with van der Waals surface area (Å²) in [5.41, 5.74) is 1.48. The normalized spacial score (nSPS) is 11.6. The summed E-state index contributed by atoms with van der Waals surface area (Å²) in [6, 6.07) is 6.19. The summed E-state index contributed by atoms with van der Waals surface area (Å²) < 4.78 is 7.19. The molecule has 0 unspecified atom stereocenters. The van der Waals surface area contributed by atoms with Gasteiger partial charge in [-0.15, -0.1) is 0 Å². The third-order valence-electron chi connectivity index (χ3n) is 3.52. The lowest BCUT2D eigenvalue weighted by atomic mass is 9.82. The first kappa shape index (κ1) is 17.0. The molecular weight excluding hydrogens is 368 g/mol. The van der Waals surface area contributed by atoms with Crippen LogP contribution in [0.4, 0.5) is 0 Å². The molecular formula is C16H24Br2O. The molecule has 0 aliphatic carbocycles. The molecule has 0 atom stereocenters. The number of aryl methyl sites for hydroxylation is 1. The van der Waals surface area contributed by atoms with E-state index in [2.05, 4.69) is 64.8 Å². The lowest BCUT2D eigenvalue weighted by Gasteiger charge is -2.31. The fourth-order valence-corrected chi connectivity index (χ4v) is 3.41. The fraction of sp³-hybridized carbons (Fsp3) is 0.625. The molecule has 1 aromatic carbocycles. The molecule has 0 bridgehead atoms. The van der Waals surface area contributed by atoms with Crippen molar-refractivity contribution in [3.8, 4) is 5.75 Å². The maximum Gasteiger partial charge on any atom is 0.119 e. The van der Waals surface area contributed by atoms with E-state index >= 15 is 0 Å². The monoisotopic (exact) mass is 390 g/mol. The van der Waals surface area contributed by atoms with E-state index in [1.54, 1.807) is 0 Å². The van der Waals surface area contributed by atoms with E-state index in [0.29, 0.717) is 0 Å². The molecule has 1 nitrogen and oxygen atoms in total. The molecule has 1 aromatic rings. The Kier molecular flexibility index (Phi) is 7.45. The second kappa shape index (κ2) is 8.31. The summed E-state index contributed by atoms with van der Waals surface area (Å²) >= 11 is 7.21. The van der Waals surface area contributed by atoms with E-state index in [1.165, 1.54) is 31.2 Å². The molecule has 108 valence electrons. The molecule has 1 rings (SSSR count). The van der Waals surface area contributed by atoms with Crippen LogP contribution in [0, 0.1) is 12.3 Å². The SMILES string of the molecule is CCCC(CBr)(CCC)COc1ccc(Br)c(C)c1. The number of benzene rings is 1. The predicted molar refractivity (Wildman–Crippen MR) is 90.4 cm³/mol. The predicted octanol–water partition coefficient (Wildman–Crippen LogP) is 6.12. The van der Waals surface area contributed by atoms with Crippen molar-refractivity contribution < 1.29 is 4.74 Å². The molecule has 0 N–H and O–H groups in total. The average molecular weight is 392 g/mol. The Morgan fingerprint density at radius 1 is 1.16 bits per heavy atom. The van der Waals surface area contributed by atoms with Crippen LogP contribution in [0.25, 0.3) is 0 Å². The zero-order chi connectivity index (χ0) is 14.3. The smallest absolute Gasteiger partial charge is 0.119 e. The number of hydrogen-bond acceptors (Lipinski definition) is 1. The minimum absolute atomic E-state index is 0.268. The van der Waals surface area contributed by atoms with Crippen LogP contribution < -0.4 is 4.74 Å². The summed E-state index contributed by atoms with van der Waals surface area (Å²) in [7, 11) is 0. The van der Waals surface area contributed by atoms with Crippen LogP contribution in [0.2, 0.25) is 0 Å². The zero-order valence-corrected chi connectivity index (χ0v) is 15.3. The van der Waals surface area contributed by atoms with Crippen molar-refractivity contribution in [2.45, 2.75) is 46.5 Å². The first-order valence-corrected chi connectivity index (χ1v) is 8.93. The van der Waals surface area contributed by atoms with E-state index in [-0.39, 0.29) is 5.41 Å². The first-order valence-electron chi connectivity index (χ1n) is 7.02. The van der Waals surface area contributed by atoms with Gasteiger partial charge in [-0.05, 0) is 43.5 Å². The van der Waals surface area contributed by atoms with Crippen molar-refractivity contribution in [2.75, 3.05) is 11.9 Å². The van der Waals surface area contributed by atoms with Gasteiger partial charge in [0.2, 0.25) is 0 Å². The van der Waals surface area contributed by atoms with Crippen LogP contribution in [0.15, 0.2) is 22.7 Å². The standard InChI is InChI=1S/C16H24Br2O/c1-4-8-16(11-17,9-5-2)12-19-14-6-7-15(18)13(3)10-14/h6-7,10H,4-5,8-9,11-12H2,1-3H3. The number of ether oxygens (including phenoxy) is 1. The van der Waals surface area contributed by atoms with E-state index in [1.807, 2.05) is 6.07 Å². The Balaban J connectivity index is 2.71. The minimum Gasteiger partial charge on any atom is -0.493 e. The summed E-state index contributed by atoms with van der Waals surface area (Å²) in [5.74, 6) is 0.971. The molecule has 0 saturated carbocycles. The van der Waals surface area contributed by atoms with E-state index < -0.39 is 0 Å². The van der Waals surface area contributed by atoms with Crippen LogP contribution in [-0.4, -0.2) is 11.9 Å². The van der Waals surface area contributed by atoms with Crippen LogP contribution in [0.3, 0.4) is 0 Å². The summed E-state index contributed by atoms with van der Waals surface area (Å²) in [6.07, 6.45) is 4.83. The average Bonchev–Trinajstić information content (AvgIpc) is 2.40. The number of halogens is 2. The molecule has 0 saturated heterocycles. The topological polar surface area (TPSA) is 9.23 Å². The largest absolute Gasteiger partial charge is 0.493 e. The highest BCUT2D eigenvalue weighted by Gasteiger charge is 2.28.